The van der Waals surface area contributed by atoms with E-state index in [2.05, 4.69) is 0 Å². The zero-order chi connectivity index (χ0) is 24.8. The molecule has 0 radical (unpaired) electrons. The smallest absolute Gasteiger partial charge is 0.331 e. The first kappa shape index (κ1) is 25.3. The SMILES string of the molecule is COc1cc(COC(=O)C=Cc2ccc(O)c(O)c2)ccc1OC1OC(CO)C(O)C(O)C1O. The molecule has 5 atom stereocenters. The van der Waals surface area contributed by atoms with Gasteiger partial charge in [-0.2, -0.15) is 0 Å². The van der Waals surface area contributed by atoms with Crippen molar-refractivity contribution < 1.29 is 54.4 Å². The average Bonchev–Trinajstić information content (AvgIpc) is 2.84. The number of aromatic hydroxyl groups is 2. The van der Waals surface area contributed by atoms with Crippen molar-refractivity contribution in [2.45, 2.75) is 37.3 Å². The van der Waals surface area contributed by atoms with E-state index in [0.29, 0.717) is 11.1 Å². The summed E-state index contributed by atoms with van der Waals surface area (Å²) in [5, 5.41) is 58.0. The van der Waals surface area contributed by atoms with Crippen molar-refractivity contribution in [3.05, 3.63) is 53.6 Å². The normalized spacial score (nSPS) is 24.7. The second-order valence-electron chi connectivity index (χ2n) is 7.49. The van der Waals surface area contributed by atoms with Gasteiger partial charge in [-0.25, -0.2) is 4.79 Å². The van der Waals surface area contributed by atoms with Crippen LogP contribution in [0.15, 0.2) is 42.5 Å². The van der Waals surface area contributed by atoms with Crippen molar-refractivity contribution in [1.82, 2.24) is 0 Å². The molecule has 11 heteroatoms. The lowest BCUT2D eigenvalue weighted by Gasteiger charge is -2.39. The Kier molecular flexibility index (Phi) is 8.31. The molecule has 0 saturated carbocycles. The number of benzene rings is 2. The fraction of sp³-hybridized carbons (Fsp3) is 0.348. The topological polar surface area (TPSA) is 175 Å². The summed E-state index contributed by atoms with van der Waals surface area (Å²) in [6.07, 6.45) is -4.58. The van der Waals surface area contributed by atoms with Crippen LogP contribution in [-0.4, -0.2) is 81.0 Å². The van der Waals surface area contributed by atoms with Crippen LogP contribution in [0.5, 0.6) is 23.0 Å². The van der Waals surface area contributed by atoms with Gasteiger partial charge in [-0.15, -0.1) is 0 Å². The molecule has 0 amide bonds. The molecule has 1 aliphatic heterocycles. The van der Waals surface area contributed by atoms with E-state index in [1.165, 1.54) is 49.6 Å². The lowest BCUT2D eigenvalue weighted by atomic mass is 9.99. The van der Waals surface area contributed by atoms with Crippen LogP contribution in [0.1, 0.15) is 11.1 Å². The molecule has 0 aliphatic carbocycles. The van der Waals surface area contributed by atoms with E-state index in [-0.39, 0.29) is 29.6 Å². The van der Waals surface area contributed by atoms with Crippen molar-refractivity contribution in [3.8, 4) is 23.0 Å². The third-order valence-corrected chi connectivity index (χ3v) is 5.11. The van der Waals surface area contributed by atoms with Crippen LogP contribution in [0.2, 0.25) is 0 Å². The molecule has 1 fully saturated rings. The first-order valence-electron chi connectivity index (χ1n) is 10.2. The van der Waals surface area contributed by atoms with E-state index in [9.17, 15) is 35.4 Å². The number of methoxy groups -OCH3 is 1. The van der Waals surface area contributed by atoms with Gasteiger partial charge in [-0.3, -0.25) is 0 Å². The summed E-state index contributed by atoms with van der Waals surface area (Å²) in [5.74, 6) is -0.857. The van der Waals surface area contributed by atoms with Crippen molar-refractivity contribution in [2.75, 3.05) is 13.7 Å². The number of hydrogen-bond acceptors (Lipinski definition) is 11. The highest BCUT2D eigenvalue weighted by Gasteiger charge is 2.44. The molecular formula is C23H26O11. The maximum absolute atomic E-state index is 12.0. The summed E-state index contributed by atoms with van der Waals surface area (Å²) in [4.78, 5) is 12.0. The fourth-order valence-electron chi connectivity index (χ4n) is 3.20. The van der Waals surface area contributed by atoms with Gasteiger partial charge in [-0.05, 0) is 41.5 Å². The number of phenolic OH excluding ortho intramolecular Hbond substituents is 2. The monoisotopic (exact) mass is 478 g/mol. The maximum Gasteiger partial charge on any atom is 0.331 e. The molecule has 6 N–H and O–H groups in total. The van der Waals surface area contributed by atoms with Crippen LogP contribution in [-0.2, 0) is 20.9 Å². The molecule has 5 unspecified atom stereocenters. The number of rotatable bonds is 8. The molecule has 1 heterocycles. The zero-order valence-electron chi connectivity index (χ0n) is 18.1. The minimum Gasteiger partial charge on any atom is -0.504 e. The zero-order valence-corrected chi connectivity index (χ0v) is 18.1. The number of aliphatic hydroxyl groups excluding tert-OH is 4. The third-order valence-electron chi connectivity index (χ3n) is 5.11. The highest BCUT2D eigenvalue weighted by atomic mass is 16.7. The van der Waals surface area contributed by atoms with Gasteiger partial charge in [0.2, 0.25) is 6.29 Å². The van der Waals surface area contributed by atoms with Gasteiger partial charge in [0.1, 0.15) is 31.0 Å². The van der Waals surface area contributed by atoms with E-state index in [1.807, 2.05) is 0 Å². The first-order chi connectivity index (χ1) is 16.2. The number of hydrogen-bond donors (Lipinski definition) is 6. The molecular weight excluding hydrogens is 452 g/mol. The molecule has 0 aromatic heterocycles. The molecule has 184 valence electrons. The molecule has 1 saturated heterocycles. The van der Waals surface area contributed by atoms with Crippen LogP contribution >= 0.6 is 0 Å². The molecule has 34 heavy (non-hydrogen) atoms. The standard InChI is InChI=1S/C23H26O11/c1-31-17-9-13(11-32-19(27)7-4-12-2-5-14(25)15(26)8-12)3-6-16(17)33-23-22(30)21(29)20(28)18(10-24)34-23/h2-9,18,20-26,28-30H,10-11H2,1H3. The first-order valence-corrected chi connectivity index (χ1v) is 10.2. The van der Waals surface area contributed by atoms with Crippen molar-refractivity contribution in [3.63, 3.8) is 0 Å². The van der Waals surface area contributed by atoms with Gasteiger partial charge in [0, 0.05) is 6.08 Å². The number of esters is 1. The lowest BCUT2D eigenvalue weighted by molar-refractivity contribution is -0.277. The highest BCUT2D eigenvalue weighted by Crippen LogP contribution is 2.32. The molecule has 2 aromatic carbocycles. The van der Waals surface area contributed by atoms with E-state index < -0.39 is 43.3 Å². The van der Waals surface area contributed by atoms with E-state index in [1.54, 1.807) is 6.07 Å². The Hall–Kier alpha value is -3.35. The fourth-order valence-corrected chi connectivity index (χ4v) is 3.20. The second kappa shape index (κ2) is 11.2. The third kappa shape index (κ3) is 5.95. The van der Waals surface area contributed by atoms with E-state index in [0.717, 1.165) is 0 Å². The van der Waals surface area contributed by atoms with Crippen LogP contribution in [0.25, 0.3) is 6.08 Å². The van der Waals surface area contributed by atoms with Crippen LogP contribution in [0.3, 0.4) is 0 Å². The Morgan fingerprint density at radius 3 is 2.44 bits per heavy atom. The number of carbonyl (C=O) groups excluding carboxylic acids is 1. The number of carbonyl (C=O) groups is 1. The second-order valence-corrected chi connectivity index (χ2v) is 7.49. The van der Waals surface area contributed by atoms with Crippen molar-refractivity contribution in [1.29, 1.82) is 0 Å². The van der Waals surface area contributed by atoms with Crippen LogP contribution < -0.4 is 9.47 Å². The average molecular weight is 478 g/mol. The Bertz CT molecular complexity index is 1020. The minimum atomic E-state index is -1.58. The Morgan fingerprint density at radius 1 is 1.00 bits per heavy atom. The number of phenols is 2. The predicted octanol–water partition coefficient (Wildman–Crippen LogP) is 0.0417. The summed E-state index contributed by atoms with van der Waals surface area (Å²) in [5.41, 5.74) is 1.05. The number of aliphatic hydroxyl groups is 4. The van der Waals surface area contributed by atoms with Crippen molar-refractivity contribution in [2.24, 2.45) is 0 Å². The highest BCUT2D eigenvalue weighted by molar-refractivity contribution is 5.87. The number of ether oxygens (including phenoxy) is 4. The van der Waals surface area contributed by atoms with E-state index in [4.69, 9.17) is 18.9 Å². The molecule has 0 bridgehead atoms. The van der Waals surface area contributed by atoms with Crippen molar-refractivity contribution >= 4 is 12.0 Å². The van der Waals surface area contributed by atoms with Gasteiger partial charge in [0.25, 0.3) is 0 Å². The Morgan fingerprint density at radius 2 is 1.76 bits per heavy atom. The van der Waals surface area contributed by atoms with Gasteiger partial charge in [0.05, 0.1) is 13.7 Å². The summed E-state index contributed by atoms with van der Waals surface area (Å²) in [7, 11) is 1.38. The summed E-state index contributed by atoms with van der Waals surface area (Å²) in [6.45, 7) is -0.685. The van der Waals surface area contributed by atoms with Gasteiger partial charge < -0.3 is 49.6 Å². The Labute approximate surface area is 194 Å². The molecule has 1 aliphatic rings. The van der Waals surface area contributed by atoms with Gasteiger partial charge >= 0.3 is 5.97 Å². The maximum atomic E-state index is 12.0. The molecule has 3 rings (SSSR count). The molecule has 0 spiro atoms. The quantitative estimate of drug-likeness (QED) is 0.172. The summed E-state index contributed by atoms with van der Waals surface area (Å²) < 4.78 is 21.4. The van der Waals surface area contributed by atoms with E-state index >= 15 is 0 Å². The lowest BCUT2D eigenvalue weighted by Crippen LogP contribution is -2.60. The van der Waals surface area contributed by atoms with Crippen LogP contribution in [0.4, 0.5) is 0 Å². The van der Waals surface area contributed by atoms with Gasteiger partial charge in [-0.1, -0.05) is 12.1 Å². The van der Waals surface area contributed by atoms with Gasteiger partial charge in [0.15, 0.2) is 23.0 Å². The predicted molar refractivity (Wildman–Crippen MR) is 116 cm³/mol. The minimum absolute atomic E-state index is 0.0965. The molecule has 2 aromatic rings. The summed E-state index contributed by atoms with van der Waals surface area (Å²) >= 11 is 0. The van der Waals surface area contributed by atoms with Crippen LogP contribution in [0, 0.1) is 0 Å². The largest absolute Gasteiger partial charge is 0.504 e. The summed E-state index contributed by atoms with van der Waals surface area (Å²) in [6, 6.07) is 8.69. The molecule has 11 nitrogen and oxygen atoms in total. The Balaban J connectivity index is 1.61.